The van der Waals surface area contributed by atoms with E-state index in [9.17, 15) is 9.90 Å². The summed E-state index contributed by atoms with van der Waals surface area (Å²) in [5.41, 5.74) is 0.124. The summed E-state index contributed by atoms with van der Waals surface area (Å²) in [4.78, 5) is 11.4. The first-order valence-electron chi connectivity index (χ1n) is 4.80. The summed E-state index contributed by atoms with van der Waals surface area (Å²) in [6, 6.07) is 7.55. The molecule has 0 atom stereocenters. The van der Waals surface area contributed by atoms with Crippen molar-refractivity contribution in [1.82, 2.24) is 0 Å². The number of benzene rings is 1. The van der Waals surface area contributed by atoms with E-state index < -0.39 is 11.4 Å². The minimum atomic E-state index is -0.746. The molecule has 3 heteroatoms. The molecule has 0 saturated carbocycles. The number of hydrogen-bond donors (Lipinski definition) is 1. The second-order valence-electron chi connectivity index (χ2n) is 3.78. The number of carboxylic acids is 1. The first-order chi connectivity index (χ1) is 7.15. The number of carbonyl (C=O) groups is 1. The van der Waals surface area contributed by atoms with Crippen molar-refractivity contribution < 1.29 is 9.90 Å². The van der Waals surface area contributed by atoms with Crippen LogP contribution in [0.25, 0.3) is 0 Å². The Labute approximate surface area is 96.7 Å². The van der Waals surface area contributed by atoms with Crippen molar-refractivity contribution in [3.05, 3.63) is 46.5 Å². The molecule has 1 aliphatic carbocycles. The second kappa shape index (κ2) is 3.81. The lowest BCUT2D eigenvalue weighted by Gasteiger charge is -2.24. The van der Waals surface area contributed by atoms with Crippen LogP contribution < -0.4 is 0 Å². The van der Waals surface area contributed by atoms with Gasteiger partial charge in [-0.15, -0.1) is 0 Å². The number of hydrogen-bond acceptors (Lipinski definition) is 1. The van der Waals surface area contributed by atoms with Crippen LogP contribution in [-0.2, 0) is 10.2 Å². The van der Waals surface area contributed by atoms with E-state index in [0.29, 0.717) is 12.8 Å². The Morgan fingerprint density at radius 3 is 2.53 bits per heavy atom. The fourth-order valence-corrected chi connectivity index (χ4v) is 2.37. The zero-order valence-electron chi connectivity index (χ0n) is 8.11. The molecule has 1 aromatic rings. The van der Waals surface area contributed by atoms with Crippen molar-refractivity contribution in [3.8, 4) is 0 Å². The summed E-state index contributed by atoms with van der Waals surface area (Å²) < 4.78 is 0.924. The third-order valence-electron chi connectivity index (χ3n) is 2.89. The van der Waals surface area contributed by atoms with Gasteiger partial charge in [0.2, 0.25) is 0 Å². The normalized spacial score (nSPS) is 17.9. The Hall–Kier alpha value is -1.09. The lowest BCUT2D eigenvalue weighted by atomic mass is 9.78. The van der Waals surface area contributed by atoms with Crippen LogP contribution in [0.3, 0.4) is 0 Å². The molecule has 0 saturated heterocycles. The van der Waals surface area contributed by atoms with Crippen LogP contribution in [0.4, 0.5) is 0 Å². The van der Waals surface area contributed by atoms with Gasteiger partial charge in [0.25, 0.3) is 0 Å². The number of aliphatic carboxylic acids is 1. The molecule has 0 amide bonds. The van der Waals surface area contributed by atoms with Gasteiger partial charge >= 0.3 is 5.97 Å². The van der Waals surface area contributed by atoms with Crippen molar-refractivity contribution in [2.24, 2.45) is 0 Å². The maximum atomic E-state index is 11.4. The Bertz CT molecular complexity index is 415. The van der Waals surface area contributed by atoms with Gasteiger partial charge < -0.3 is 5.11 Å². The fourth-order valence-electron chi connectivity index (χ4n) is 1.97. The Balaban J connectivity index is 2.46. The maximum absolute atomic E-state index is 11.4. The van der Waals surface area contributed by atoms with E-state index in [1.807, 2.05) is 36.4 Å². The highest BCUT2D eigenvalue weighted by atomic mass is 79.9. The van der Waals surface area contributed by atoms with Crippen LogP contribution in [0.15, 0.2) is 40.9 Å². The SMILES string of the molecule is O=C(O)C1(c2cccc(Br)c2)CC=CC1. The monoisotopic (exact) mass is 266 g/mol. The first kappa shape index (κ1) is 10.4. The van der Waals surface area contributed by atoms with Crippen molar-refractivity contribution >= 4 is 21.9 Å². The van der Waals surface area contributed by atoms with Crippen LogP contribution in [0, 0.1) is 0 Å². The average molecular weight is 267 g/mol. The lowest BCUT2D eigenvalue weighted by molar-refractivity contribution is -0.143. The Morgan fingerprint density at radius 2 is 2.00 bits per heavy atom. The average Bonchev–Trinajstić information content (AvgIpc) is 2.67. The molecule has 0 fully saturated rings. The third-order valence-corrected chi connectivity index (χ3v) is 3.38. The van der Waals surface area contributed by atoms with Gasteiger partial charge in [0.15, 0.2) is 0 Å². The van der Waals surface area contributed by atoms with E-state index in [1.54, 1.807) is 0 Å². The van der Waals surface area contributed by atoms with Crippen LogP contribution in [-0.4, -0.2) is 11.1 Å². The molecule has 1 aromatic carbocycles. The predicted molar refractivity (Wildman–Crippen MR) is 61.8 cm³/mol. The summed E-state index contributed by atoms with van der Waals surface area (Å²) in [5, 5.41) is 9.35. The molecule has 0 bridgehead atoms. The highest BCUT2D eigenvalue weighted by Gasteiger charge is 2.40. The van der Waals surface area contributed by atoms with Gasteiger partial charge in [0, 0.05) is 4.47 Å². The first-order valence-corrected chi connectivity index (χ1v) is 5.59. The number of allylic oxidation sites excluding steroid dienone is 2. The fraction of sp³-hybridized carbons (Fsp3) is 0.250. The van der Waals surface area contributed by atoms with Gasteiger partial charge in [-0.1, -0.05) is 40.2 Å². The highest BCUT2D eigenvalue weighted by molar-refractivity contribution is 9.10. The molecule has 0 heterocycles. The molecule has 0 spiro atoms. The summed E-state index contributed by atoms with van der Waals surface area (Å²) in [6.45, 7) is 0. The molecular formula is C12H11BrO2. The van der Waals surface area contributed by atoms with Gasteiger partial charge in [-0.3, -0.25) is 4.79 Å². The topological polar surface area (TPSA) is 37.3 Å². The molecule has 1 aliphatic rings. The van der Waals surface area contributed by atoms with Gasteiger partial charge in [-0.25, -0.2) is 0 Å². The van der Waals surface area contributed by atoms with E-state index in [-0.39, 0.29) is 0 Å². The largest absolute Gasteiger partial charge is 0.481 e. The molecular weight excluding hydrogens is 256 g/mol. The number of halogens is 1. The van der Waals surface area contributed by atoms with Crippen molar-refractivity contribution in [3.63, 3.8) is 0 Å². The quantitative estimate of drug-likeness (QED) is 0.836. The molecule has 0 aliphatic heterocycles. The van der Waals surface area contributed by atoms with Crippen molar-refractivity contribution in [2.45, 2.75) is 18.3 Å². The molecule has 15 heavy (non-hydrogen) atoms. The molecule has 0 aromatic heterocycles. The summed E-state index contributed by atoms with van der Waals surface area (Å²) >= 11 is 3.37. The summed E-state index contributed by atoms with van der Waals surface area (Å²) in [5.74, 6) is -0.745. The molecule has 0 unspecified atom stereocenters. The predicted octanol–water partition coefficient (Wildman–Crippen LogP) is 3.12. The van der Waals surface area contributed by atoms with Crippen LogP contribution in [0.1, 0.15) is 18.4 Å². The van der Waals surface area contributed by atoms with E-state index in [0.717, 1.165) is 10.0 Å². The highest BCUT2D eigenvalue weighted by Crippen LogP contribution is 2.38. The molecule has 2 rings (SSSR count). The van der Waals surface area contributed by atoms with Gasteiger partial charge in [0.05, 0.1) is 5.41 Å². The number of carboxylic acid groups (broad SMARTS) is 1. The third kappa shape index (κ3) is 1.72. The Kier molecular flexibility index (Phi) is 2.65. The van der Waals surface area contributed by atoms with Crippen LogP contribution >= 0.6 is 15.9 Å². The zero-order valence-corrected chi connectivity index (χ0v) is 9.70. The molecule has 1 N–H and O–H groups in total. The van der Waals surface area contributed by atoms with E-state index in [4.69, 9.17) is 0 Å². The van der Waals surface area contributed by atoms with Gasteiger partial charge in [-0.05, 0) is 30.5 Å². The lowest BCUT2D eigenvalue weighted by Crippen LogP contribution is -2.32. The molecule has 78 valence electrons. The van der Waals surface area contributed by atoms with E-state index in [2.05, 4.69) is 15.9 Å². The maximum Gasteiger partial charge on any atom is 0.314 e. The van der Waals surface area contributed by atoms with Crippen LogP contribution in [0.5, 0.6) is 0 Å². The van der Waals surface area contributed by atoms with Gasteiger partial charge in [-0.2, -0.15) is 0 Å². The standard InChI is InChI=1S/C12H11BrO2/c13-10-5-3-4-9(8-10)12(11(14)15)6-1-2-7-12/h1-5,8H,6-7H2,(H,14,15). The minimum absolute atomic E-state index is 0.582. The summed E-state index contributed by atoms with van der Waals surface area (Å²) in [7, 11) is 0. The molecule has 2 nitrogen and oxygen atoms in total. The van der Waals surface area contributed by atoms with Gasteiger partial charge in [0.1, 0.15) is 0 Å². The van der Waals surface area contributed by atoms with E-state index >= 15 is 0 Å². The van der Waals surface area contributed by atoms with Crippen molar-refractivity contribution in [1.29, 1.82) is 0 Å². The van der Waals surface area contributed by atoms with E-state index in [1.165, 1.54) is 0 Å². The van der Waals surface area contributed by atoms with Crippen LogP contribution in [0.2, 0.25) is 0 Å². The van der Waals surface area contributed by atoms with Crippen molar-refractivity contribution in [2.75, 3.05) is 0 Å². The minimum Gasteiger partial charge on any atom is -0.481 e. The number of rotatable bonds is 2. The second-order valence-corrected chi connectivity index (χ2v) is 4.69. The molecule has 0 radical (unpaired) electrons. The summed E-state index contributed by atoms with van der Waals surface area (Å²) in [6.07, 6.45) is 5.04. The Morgan fingerprint density at radius 1 is 1.33 bits per heavy atom. The zero-order chi connectivity index (χ0) is 10.9. The smallest absolute Gasteiger partial charge is 0.314 e.